The molecule has 15 heavy (non-hydrogen) atoms. The maximum atomic E-state index is 11.5. The van der Waals surface area contributed by atoms with Gasteiger partial charge in [-0.15, -0.1) is 0 Å². The van der Waals surface area contributed by atoms with E-state index < -0.39 is 6.04 Å². The van der Waals surface area contributed by atoms with Gasteiger partial charge in [-0.2, -0.15) is 11.8 Å². The number of hydrogen-bond donors (Lipinski definition) is 3. The Morgan fingerprint density at radius 1 is 1.73 bits per heavy atom. The number of hydrogen-bond acceptors (Lipinski definition) is 3. The molecule has 0 aliphatic carbocycles. The summed E-state index contributed by atoms with van der Waals surface area (Å²) in [4.78, 5) is 14.4. The number of rotatable bonds is 6. The molecule has 0 saturated carbocycles. The quantitative estimate of drug-likeness (QED) is 0.670. The zero-order valence-electron chi connectivity index (χ0n) is 8.82. The van der Waals surface area contributed by atoms with Crippen molar-refractivity contribution in [2.24, 2.45) is 5.73 Å². The number of H-pyrrole nitrogens is 1. The van der Waals surface area contributed by atoms with E-state index in [-0.39, 0.29) is 5.91 Å². The van der Waals surface area contributed by atoms with E-state index in [1.54, 1.807) is 11.8 Å². The molecule has 1 heterocycles. The highest BCUT2D eigenvalue weighted by Crippen LogP contribution is 2.00. The minimum atomic E-state index is -0.392. The summed E-state index contributed by atoms with van der Waals surface area (Å²) >= 11 is 1.70. The normalized spacial score (nSPS) is 12.4. The molecule has 0 radical (unpaired) electrons. The summed E-state index contributed by atoms with van der Waals surface area (Å²) in [5.41, 5.74) is 6.77. The monoisotopic (exact) mass is 227 g/mol. The second-order valence-corrected chi connectivity index (χ2v) is 4.31. The van der Waals surface area contributed by atoms with Crippen molar-refractivity contribution in [2.45, 2.75) is 19.0 Å². The summed E-state index contributed by atoms with van der Waals surface area (Å²) in [6.45, 7) is 0.537. The first-order chi connectivity index (χ1) is 7.24. The van der Waals surface area contributed by atoms with Gasteiger partial charge in [0, 0.05) is 18.9 Å². The lowest BCUT2D eigenvalue weighted by Gasteiger charge is -2.10. The van der Waals surface area contributed by atoms with Crippen molar-refractivity contribution in [3.05, 3.63) is 24.0 Å². The molecule has 1 atom stereocenters. The number of carbonyl (C=O) groups excluding carboxylic acids is 1. The first-order valence-electron chi connectivity index (χ1n) is 4.88. The average molecular weight is 227 g/mol. The van der Waals surface area contributed by atoms with Crippen LogP contribution in [0, 0.1) is 0 Å². The molecule has 0 fully saturated rings. The van der Waals surface area contributed by atoms with E-state index in [4.69, 9.17) is 5.73 Å². The molecule has 0 aliphatic heterocycles. The van der Waals surface area contributed by atoms with E-state index in [2.05, 4.69) is 10.3 Å². The van der Waals surface area contributed by atoms with Crippen LogP contribution in [0.2, 0.25) is 0 Å². The number of thioether (sulfide) groups is 1. The predicted molar refractivity (Wildman–Crippen MR) is 63.6 cm³/mol. The fraction of sp³-hybridized carbons (Fsp3) is 0.500. The van der Waals surface area contributed by atoms with E-state index in [1.807, 2.05) is 24.7 Å². The third-order valence-electron chi connectivity index (χ3n) is 2.10. The van der Waals surface area contributed by atoms with Crippen molar-refractivity contribution in [2.75, 3.05) is 12.0 Å². The largest absolute Gasteiger partial charge is 0.367 e. The average Bonchev–Trinajstić information content (AvgIpc) is 2.75. The molecule has 0 unspecified atom stereocenters. The Kier molecular flexibility index (Phi) is 5.28. The van der Waals surface area contributed by atoms with Gasteiger partial charge in [0.25, 0.3) is 0 Å². The number of amides is 1. The fourth-order valence-electron chi connectivity index (χ4n) is 1.16. The molecular formula is C10H17N3OS. The van der Waals surface area contributed by atoms with Crippen molar-refractivity contribution in [3.63, 3.8) is 0 Å². The van der Waals surface area contributed by atoms with E-state index in [0.717, 1.165) is 17.7 Å². The van der Waals surface area contributed by atoms with Gasteiger partial charge < -0.3 is 16.0 Å². The zero-order chi connectivity index (χ0) is 11.1. The Morgan fingerprint density at radius 3 is 3.13 bits per heavy atom. The van der Waals surface area contributed by atoms with E-state index in [1.165, 1.54) is 0 Å². The molecule has 84 valence electrons. The standard InChI is InChI=1S/C10H17N3OS/c1-15-5-3-9(11)10(14)13-7-8-2-4-12-6-8/h2,4,6,9,12H,3,5,7,11H2,1H3,(H,13,14)/t9-/m1/s1. The zero-order valence-corrected chi connectivity index (χ0v) is 9.64. The minimum Gasteiger partial charge on any atom is -0.367 e. The molecule has 4 nitrogen and oxygen atoms in total. The molecule has 0 aliphatic rings. The third kappa shape index (κ3) is 4.40. The van der Waals surface area contributed by atoms with Crippen LogP contribution in [0.3, 0.4) is 0 Å². The summed E-state index contributed by atoms with van der Waals surface area (Å²) in [5, 5.41) is 2.80. The van der Waals surface area contributed by atoms with Gasteiger partial charge in [-0.1, -0.05) is 0 Å². The molecule has 4 N–H and O–H groups in total. The molecule has 5 heteroatoms. The summed E-state index contributed by atoms with van der Waals surface area (Å²) < 4.78 is 0. The van der Waals surface area contributed by atoms with Crippen molar-refractivity contribution in [3.8, 4) is 0 Å². The van der Waals surface area contributed by atoms with E-state index >= 15 is 0 Å². The van der Waals surface area contributed by atoms with Gasteiger partial charge in [0.15, 0.2) is 0 Å². The van der Waals surface area contributed by atoms with Crippen molar-refractivity contribution in [1.29, 1.82) is 0 Å². The third-order valence-corrected chi connectivity index (χ3v) is 2.74. The number of aromatic amines is 1. The van der Waals surface area contributed by atoms with Gasteiger partial charge in [-0.25, -0.2) is 0 Å². The van der Waals surface area contributed by atoms with Crippen LogP contribution < -0.4 is 11.1 Å². The van der Waals surface area contributed by atoms with Crippen LogP contribution in [0.15, 0.2) is 18.5 Å². The molecule has 1 aromatic heterocycles. The number of carbonyl (C=O) groups is 1. The highest BCUT2D eigenvalue weighted by Gasteiger charge is 2.11. The van der Waals surface area contributed by atoms with Gasteiger partial charge in [0.2, 0.25) is 5.91 Å². The Balaban J connectivity index is 2.23. The summed E-state index contributed by atoms with van der Waals surface area (Å²) in [6, 6.07) is 1.53. The molecule has 0 spiro atoms. The molecule has 0 bridgehead atoms. The van der Waals surface area contributed by atoms with Gasteiger partial charge in [0.1, 0.15) is 0 Å². The minimum absolute atomic E-state index is 0.0785. The number of nitrogens with one attached hydrogen (secondary N) is 2. The highest BCUT2D eigenvalue weighted by atomic mass is 32.2. The molecule has 0 saturated heterocycles. The van der Waals surface area contributed by atoms with Crippen LogP contribution in [0.1, 0.15) is 12.0 Å². The smallest absolute Gasteiger partial charge is 0.237 e. The molecule has 1 rings (SSSR count). The SMILES string of the molecule is CSCC[C@@H](N)C(=O)NCc1cc[nH]c1. The first kappa shape index (κ1) is 12.1. The van der Waals surface area contributed by atoms with E-state index in [0.29, 0.717) is 6.54 Å². The van der Waals surface area contributed by atoms with Gasteiger partial charge in [-0.05, 0) is 30.1 Å². The van der Waals surface area contributed by atoms with Crippen molar-refractivity contribution >= 4 is 17.7 Å². The van der Waals surface area contributed by atoms with Gasteiger partial charge in [0.05, 0.1) is 6.04 Å². The summed E-state index contributed by atoms with van der Waals surface area (Å²) in [7, 11) is 0. The Bertz CT molecular complexity index is 287. The van der Waals surface area contributed by atoms with Crippen LogP contribution >= 0.6 is 11.8 Å². The van der Waals surface area contributed by atoms with Crippen LogP contribution in [0.5, 0.6) is 0 Å². The van der Waals surface area contributed by atoms with Crippen LogP contribution in [0.25, 0.3) is 0 Å². The Hall–Kier alpha value is -0.940. The molecule has 1 aromatic rings. The van der Waals surface area contributed by atoms with Gasteiger partial charge >= 0.3 is 0 Å². The lowest BCUT2D eigenvalue weighted by molar-refractivity contribution is -0.122. The second kappa shape index (κ2) is 6.53. The van der Waals surface area contributed by atoms with Crippen LogP contribution in [0.4, 0.5) is 0 Å². The second-order valence-electron chi connectivity index (χ2n) is 3.33. The fourth-order valence-corrected chi connectivity index (χ4v) is 1.65. The topological polar surface area (TPSA) is 70.9 Å². The van der Waals surface area contributed by atoms with Crippen molar-refractivity contribution in [1.82, 2.24) is 10.3 Å². The Morgan fingerprint density at radius 2 is 2.53 bits per heavy atom. The molecule has 1 amide bonds. The lowest BCUT2D eigenvalue weighted by Crippen LogP contribution is -2.40. The molecular weight excluding hydrogens is 210 g/mol. The number of nitrogens with two attached hydrogens (primary N) is 1. The highest BCUT2D eigenvalue weighted by molar-refractivity contribution is 7.98. The van der Waals surface area contributed by atoms with Crippen LogP contribution in [-0.4, -0.2) is 28.9 Å². The van der Waals surface area contributed by atoms with Gasteiger partial charge in [-0.3, -0.25) is 4.79 Å². The van der Waals surface area contributed by atoms with Crippen LogP contribution in [-0.2, 0) is 11.3 Å². The number of aromatic nitrogens is 1. The maximum Gasteiger partial charge on any atom is 0.237 e. The Labute approximate surface area is 94.0 Å². The first-order valence-corrected chi connectivity index (χ1v) is 6.27. The predicted octanol–water partition coefficient (Wildman–Crippen LogP) is 0.711. The lowest BCUT2D eigenvalue weighted by atomic mass is 10.2. The molecule has 0 aromatic carbocycles. The summed E-state index contributed by atoms with van der Waals surface area (Å²) in [5.74, 6) is 0.837. The van der Waals surface area contributed by atoms with Crippen molar-refractivity contribution < 1.29 is 4.79 Å². The van der Waals surface area contributed by atoms with E-state index in [9.17, 15) is 4.79 Å². The summed E-state index contributed by atoms with van der Waals surface area (Å²) in [6.07, 6.45) is 6.41. The maximum absolute atomic E-state index is 11.5.